The summed E-state index contributed by atoms with van der Waals surface area (Å²) in [5, 5.41) is 17.7. The highest BCUT2D eigenvalue weighted by Gasteiger charge is 2.20. The molecule has 0 aromatic carbocycles. The first kappa shape index (κ1) is 14.6. The van der Waals surface area contributed by atoms with Crippen LogP contribution in [0.5, 0.6) is 0 Å². The molecule has 6 nitrogen and oxygen atoms in total. The van der Waals surface area contributed by atoms with E-state index in [-0.39, 0.29) is 11.6 Å². The predicted molar refractivity (Wildman–Crippen MR) is 81.7 cm³/mol. The van der Waals surface area contributed by atoms with Crippen molar-refractivity contribution in [3.63, 3.8) is 0 Å². The van der Waals surface area contributed by atoms with Gasteiger partial charge in [0.05, 0.1) is 16.8 Å². The van der Waals surface area contributed by atoms with Crippen molar-refractivity contribution < 1.29 is 9.90 Å². The lowest BCUT2D eigenvalue weighted by molar-refractivity contribution is 0.0697. The minimum absolute atomic E-state index is 0.160. The van der Waals surface area contributed by atoms with Gasteiger partial charge in [0.15, 0.2) is 5.65 Å². The number of nitrogens with one attached hydrogen (secondary N) is 1. The molecule has 0 aliphatic carbocycles. The zero-order valence-corrected chi connectivity index (χ0v) is 12.8. The molecule has 2 rings (SSSR count). The van der Waals surface area contributed by atoms with Gasteiger partial charge in [-0.2, -0.15) is 16.9 Å². The molecule has 0 aliphatic heterocycles. The molecule has 0 saturated carbocycles. The zero-order chi connectivity index (χ0) is 14.9. The molecule has 2 aromatic heterocycles. The third-order valence-electron chi connectivity index (χ3n) is 3.07. The summed E-state index contributed by atoms with van der Waals surface area (Å²) in [6, 6.07) is 0.160. The van der Waals surface area contributed by atoms with Gasteiger partial charge in [-0.05, 0) is 20.1 Å². The number of rotatable bonds is 5. The van der Waals surface area contributed by atoms with Crippen molar-refractivity contribution in [2.75, 3.05) is 17.3 Å². The Labute approximate surface area is 121 Å². The number of carbonyl (C=O) groups is 1. The summed E-state index contributed by atoms with van der Waals surface area (Å²) in [6.07, 6.45) is 3.41. The monoisotopic (exact) mass is 294 g/mol. The number of nitrogens with zero attached hydrogens (tertiary/aromatic N) is 3. The van der Waals surface area contributed by atoms with E-state index in [9.17, 15) is 9.90 Å². The molecule has 108 valence electrons. The first-order valence-electron chi connectivity index (χ1n) is 6.26. The average molecular weight is 294 g/mol. The Bertz CT molecular complexity index is 653. The summed E-state index contributed by atoms with van der Waals surface area (Å²) in [5.74, 6) is -0.0937. The number of pyridine rings is 1. The second-order valence-electron chi connectivity index (χ2n) is 4.76. The van der Waals surface area contributed by atoms with Crippen LogP contribution < -0.4 is 5.32 Å². The fourth-order valence-electron chi connectivity index (χ4n) is 2.26. The van der Waals surface area contributed by atoms with Crippen LogP contribution >= 0.6 is 11.8 Å². The Hall–Kier alpha value is -1.76. The maximum atomic E-state index is 11.4. The van der Waals surface area contributed by atoms with Gasteiger partial charge in [-0.1, -0.05) is 0 Å². The van der Waals surface area contributed by atoms with E-state index in [0.717, 1.165) is 16.8 Å². The van der Waals surface area contributed by atoms with Crippen LogP contribution in [0.15, 0.2) is 6.20 Å². The Morgan fingerprint density at radius 2 is 2.30 bits per heavy atom. The minimum Gasteiger partial charge on any atom is -0.478 e. The number of carboxylic acids is 1. The van der Waals surface area contributed by atoms with Crippen LogP contribution in [0.25, 0.3) is 11.0 Å². The normalized spacial score (nSPS) is 12.6. The van der Waals surface area contributed by atoms with E-state index < -0.39 is 5.97 Å². The number of fused-ring (bicyclic) bond motifs is 1. The van der Waals surface area contributed by atoms with Crippen molar-refractivity contribution in [1.29, 1.82) is 0 Å². The van der Waals surface area contributed by atoms with Crippen LogP contribution in [0.2, 0.25) is 0 Å². The standard InChI is InChI=1S/C13H18N4O2S/c1-7(6-20-4)15-11-9(13(18)19)5-14-12-10(11)8(2)16-17(12)3/h5,7H,6H2,1-4H3,(H,14,15)(H,18,19). The molecule has 2 heterocycles. The van der Waals surface area contributed by atoms with Gasteiger partial charge in [0, 0.05) is 25.0 Å². The van der Waals surface area contributed by atoms with Crippen LogP contribution in [-0.4, -0.2) is 43.9 Å². The van der Waals surface area contributed by atoms with Gasteiger partial charge < -0.3 is 10.4 Å². The summed E-state index contributed by atoms with van der Waals surface area (Å²) in [5.41, 5.74) is 2.25. The van der Waals surface area contributed by atoms with Crippen molar-refractivity contribution in [1.82, 2.24) is 14.8 Å². The number of hydrogen-bond acceptors (Lipinski definition) is 5. The molecular formula is C13H18N4O2S. The van der Waals surface area contributed by atoms with E-state index in [1.54, 1.807) is 23.5 Å². The second kappa shape index (κ2) is 5.70. The van der Waals surface area contributed by atoms with Gasteiger partial charge in [0.25, 0.3) is 0 Å². The lowest BCUT2D eigenvalue weighted by Gasteiger charge is -2.17. The fraction of sp³-hybridized carbons (Fsp3) is 0.462. The largest absolute Gasteiger partial charge is 0.478 e. The lowest BCUT2D eigenvalue weighted by atomic mass is 10.1. The fourth-order valence-corrected chi connectivity index (χ4v) is 2.85. The summed E-state index contributed by atoms with van der Waals surface area (Å²) < 4.78 is 1.67. The van der Waals surface area contributed by atoms with E-state index in [1.165, 1.54) is 6.20 Å². The number of anilines is 1. The molecule has 2 aromatic rings. The second-order valence-corrected chi connectivity index (χ2v) is 5.67. The van der Waals surface area contributed by atoms with Gasteiger partial charge in [0.1, 0.15) is 5.56 Å². The summed E-state index contributed by atoms with van der Waals surface area (Å²) in [6.45, 7) is 3.89. The van der Waals surface area contributed by atoms with E-state index in [0.29, 0.717) is 11.3 Å². The Kier molecular flexibility index (Phi) is 4.17. The van der Waals surface area contributed by atoms with Gasteiger partial charge >= 0.3 is 5.97 Å². The molecule has 0 amide bonds. The quantitative estimate of drug-likeness (QED) is 0.879. The van der Waals surface area contributed by atoms with Crippen molar-refractivity contribution in [2.45, 2.75) is 19.9 Å². The molecule has 0 bridgehead atoms. The highest BCUT2D eigenvalue weighted by Crippen LogP contribution is 2.29. The molecule has 2 N–H and O–H groups in total. The number of thioether (sulfide) groups is 1. The average Bonchev–Trinajstić information content (AvgIpc) is 2.65. The van der Waals surface area contributed by atoms with Crippen molar-refractivity contribution in [3.05, 3.63) is 17.5 Å². The first-order valence-corrected chi connectivity index (χ1v) is 7.66. The number of carboxylic acid groups (broad SMARTS) is 1. The van der Waals surface area contributed by atoms with Crippen molar-refractivity contribution in [3.8, 4) is 0 Å². The SMILES string of the molecule is CSCC(C)Nc1c(C(=O)O)cnc2c1c(C)nn2C. The number of aromatic nitrogens is 3. The molecular weight excluding hydrogens is 276 g/mol. The topological polar surface area (TPSA) is 80.0 Å². The van der Waals surface area contributed by atoms with E-state index >= 15 is 0 Å². The molecule has 7 heteroatoms. The van der Waals surface area contributed by atoms with Gasteiger partial charge in [0.2, 0.25) is 0 Å². The molecule has 20 heavy (non-hydrogen) atoms. The molecule has 0 aliphatic rings. The highest BCUT2D eigenvalue weighted by atomic mass is 32.2. The Balaban J connectivity index is 2.62. The molecule has 1 unspecified atom stereocenters. The van der Waals surface area contributed by atoms with Crippen molar-refractivity contribution >= 4 is 34.5 Å². The maximum absolute atomic E-state index is 11.4. The van der Waals surface area contributed by atoms with Crippen LogP contribution in [0.4, 0.5) is 5.69 Å². The number of hydrogen-bond donors (Lipinski definition) is 2. The summed E-state index contributed by atoms with van der Waals surface area (Å²) >= 11 is 1.71. The summed E-state index contributed by atoms with van der Waals surface area (Å²) in [7, 11) is 1.80. The number of aryl methyl sites for hydroxylation is 2. The highest BCUT2D eigenvalue weighted by molar-refractivity contribution is 7.98. The Morgan fingerprint density at radius 3 is 2.90 bits per heavy atom. The van der Waals surface area contributed by atoms with E-state index in [4.69, 9.17) is 0 Å². The third kappa shape index (κ3) is 2.58. The predicted octanol–water partition coefficient (Wildman–Crippen LogP) is 2.14. The zero-order valence-electron chi connectivity index (χ0n) is 12.0. The van der Waals surface area contributed by atoms with Crippen LogP contribution in [0, 0.1) is 6.92 Å². The van der Waals surface area contributed by atoms with Crippen LogP contribution in [0.3, 0.4) is 0 Å². The van der Waals surface area contributed by atoms with Crippen molar-refractivity contribution in [2.24, 2.45) is 7.05 Å². The van der Waals surface area contributed by atoms with E-state index in [2.05, 4.69) is 15.4 Å². The van der Waals surface area contributed by atoms with Crippen LogP contribution in [-0.2, 0) is 7.05 Å². The van der Waals surface area contributed by atoms with Gasteiger partial charge in [-0.25, -0.2) is 9.78 Å². The maximum Gasteiger partial charge on any atom is 0.339 e. The summed E-state index contributed by atoms with van der Waals surface area (Å²) in [4.78, 5) is 15.6. The van der Waals surface area contributed by atoms with Gasteiger partial charge in [-0.15, -0.1) is 0 Å². The number of aromatic carboxylic acids is 1. The molecule has 0 spiro atoms. The minimum atomic E-state index is -0.985. The molecule has 1 atom stereocenters. The first-order chi connectivity index (χ1) is 9.45. The molecule has 0 radical (unpaired) electrons. The Morgan fingerprint density at radius 1 is 1.60 bits per heavy atom. The van der Waals surface area contributed by atoms with Gasteiger partial charge in [-0.3, -0.25) is 4.68 Å². The molecule has 0 fully saturated rings. The van der Waals surface area contributed by atoms with E-state index in [1.807, 2.05) is 20.1 Å². The van der Waals surface area contributed by atoms with Crippen LogP contribution in [0.1, 0.15) is 23.0 Å². The third-order valence-corrected chi connectivity index (χ3v) is 3.90. The smallest absolute Gasteiger partial charge is 0.339 e. The lowest BCUT2D eigenvalue weighted by Crippen LogP contribution is -2.20. The molecule has 0 saturated heterocycles.